The van der Waals surface area contributed by atoms with Gasteiger partial charge >= 0.3 is 0 Å². The lowest BCUT2D eigenvalue weighted by atomic mass is 10.1. The monoisotopic (exact) mass is 166 g/mol. The third kappa shape index (κ3) is 1.71. The molecule has 0 amide bonds. The van der Waals surface area contributed by atoms with Gasteiger partial charge in [-0.2, -0.15) is 0 Å². The standard InChI is InChI=1S/C10H11FO/c1-3-10(12)8-5-4-7(2)6-9(8)11/h3-6,10,12H,1H2,2H3. The van der Waals surface area contributed by atoms with E-state index in [9.17, 15) is 9.50 Å². The fraction of sp³-hybridized carbons (Fsp3) is 0.200. The van der Waals surface area contributed by atoms with Crippen molar-refractivity contribution in [3.8, 4) is 0 Å². The van der Waals surface area contributed by atoms with E-state index in [4.69, 9.17) is 0 Å². The lowest BCUT2D eigenvalue weighted by Crippen LogP contribution is -1.96. The molecule has 1 aromatic carbocycles. The van der Waals surface area contributed by atoms with Crippen molar-refractivity contribution in [3.05, 3.63) is 47.8 Å². The van der Waals surface area contributed by atoms with E-state index in [2.05, 4.69) is 6.58 Å². The SMILES string of the molecule is C=CC(O)c1ccc(C)cc1F. The van der Waals surface area contributed by atoms with Crippen molar-refractivity contribution in [2.45, 2.75) is 13.0 Å². The molecule has 1 aromatic rings. The van der Waals surface area contributed by atoms with Crippen molar-refractivity contribution in [3.63, 3.8) is 0 Å². The van der Waals surface area contributed by atoms with Crippen LogP contribution in [0.1, 0.15) is 17.2 Å². The van der Waals surface area contributed by atoms with E-state index in [1.807, 2.05) is 0 Å². The number of hydrogen-bond acceptors (Lipinski definition) is 1. The first-order valence-corrected chi connectivity index (χ1v) is 3.72. The van der Waals surface area contributed by atoms with E-state index in [0.717, 1.165) is 5.56 Å². The van der Waals surface area contributed by atoms with Crippen molar-refractivity contribution in [2.24, 2.45) is 0 Å². The maximum absolute atomic E-state index is 13.1. The molecule has 0 bridgehead atoms. The normalized spacial score (nSPS) is 12.6. The molecule has 1 atom stereocenters. The average molecular weight is 166 g/mol. The summed E-state index contributed by atoms with van der Waals surface area (Å²) in [4.78, 5) is 0. The number of hydrogen-bond donors (Lipinski definition) is 1. The van der Waals surface area contributed by atoms with Gasteiger partial charge in [-0.25, -0.2) is 4.39 Å². The molecule has 0 saturated carbocycles. The molecule has 1 unspecified atom stereocenters. The van der Waals surface area contributed by atoms with Crippen LogP contribution in [0.15, 0.2) is 30.9 Å². The van der Waals surface area contributed by atoms with Crippen molar-refractivity contribution >= 4 is 0 Å². The van der Waals surface area contributed by atoms with Gasteiger partial charge in [0, 0.05) is 5.56 Å². The maximum Gasteiger partial charge on any atom is 0.129 e. The van der Waals surface area contributed by atoms with Gasteiger partial charge < -0.3 is 5.11 Å². The van der Waals surface area contributed by atoms with Crippen LogP contribution in [-0.4, -0.2) is 5.11 Å². The molecule has 1 rings (SSSR count). The summed E-state index contributed by atoms with van der Waals surface area (Å²) in [6.45, 7) is 5.18. The highest BCUT2D eigenvalue weighted by Gasteiger charge is 2.08. The van der Waals surface area contributed by atoms with Gasteiger partial charge in [0.1, 0.15) is 5.82 Å². The Labute approximate surface area is 71.2 Å². The van der Waals surface area contributed by atoms with Crippen LogP contribution in [0.25, 0.3) is 0 Å². The third-order valence-corrected chi connectivity index (χ3v) is 1.70. The molecule has 0 spiro atoms. The number of benzene rings is 1. The molecule has 0 heterocycles. The molecule has 0 aliphatic heterocycles. The Morgan fingerprint density at radius 3 is 2.75 bits per heavy atom. The minimum absolute atomic E-state index is 0.274. The van der Waals surface area contributed by atoms with Crippen molar-refractivity contribution in [1.29, 1.82) is 0 Å². The summed E-state index contributed by atoms with van der Waals surface area (Å²) in [6.07, 6.45) is 0.388. The van der Waals surface area contributed by atoms with Gasteiger partial charge in [-0.05, 0) is 18.6 Å². The zero-order valence-corrected chi connectivity index (χ0v) is 6.92. The molecular weight excluding hydrogens is 155 g/mol. The van der Waals surface area contributed by atoms with Gasteiger partial charge in [0.25, 0.3) is 0 Å². The number of aliphatic hydroxyl groups is 1. The molecule has 2 heteroatoms. The zero-order chi connectivity index (χ0) is 9.14. The van der Waals surface area contributed by atoms with Crippen LogP contribution in [0, 0.1) is 12.7 Å². The predicted octanol–water partition coefficient (Wildman–Crippen LogP) is 2.35. The van der Waals surface area contributed by atoms with Crippen LogP contribution in [0.5, 0.6) is 0 Å². The van der Waals surface area contributed by atoms with Crippen LogP contribution < -0.4 is 0 Å². The van der Waals surface area contributed by atoms with E-state index in [-0.39, 0.29) is 11.4 Å². The summed E-state index contributed by atoms with van der Waals surface area (Å²) in [5.41, 5.74) is 1.11. The summed E-state index contributed by atoms with van der Waals surface area (Å²) in [6, 6.07) is 4.71. The highest BCUT2D eigenvalue weighted by atomic mass is 19.1. The second-order valence-electron chi connectivity index (χ2n) is 2.71. The van der Waals surface area contributed by atoms with Gasteiger partial charge in [0.05, 0.1) is 6.10 Å². The summed E-state index contributed by atoms with van der Waals surface area (Å²) < 4.78 is 13.1. The van der Waals surface area contributed by atoms with E-state index in [1.165, 1.54) is 12.1 Å². The minimum Gasteiger partial charge on any atom is -0.384 e. The van der Waals surface area contributed by atoms with Crippen molar-refractivity contribution < 1.29 is 9.50 Å². The van der Waals surface area contributed by atoms with Crippen LogP contribution >= 0.6 is 0 Å². The van der Waals surface area contributed by atoms with Crippen LogP contribution in [0.3, 0.4) is 0 Å². The molecule has 0 saturated heterocycles. The van der Waals surface area contributed by atoms with E-state index >= 15 is 0 Å². The van der Waals surface area contributed by atoms with E-state index in [0.29, 0.717) is 0 Å². The van der Waals surface area contributed by atoms with Gasteiger partial charge in [0.2, 0.25) is 0 Å². The quantitative estimate of drug-likeness (QED) is 0.668. The maximum atomic E-state index is 13.1. The molecule has 0 aromatic heterocycles. The second kappa shape index (κ2) is 3.50. The lowest BCUT2D eigenvalue weighted by Gasteiger charge is -2.06. The highest BCUT2D eigenvalue weighted by Crippen LogP contribution is 2.18. The third-order valence-electron chi connectivity index (χ3n) is 1.70. The molecule has 0 fully saturated rings. The van der Waals surface area contributed by atoms with Crippen LogP contribution in [0.4, 0.5) is 4.39 Å². The zero-order valence-electron chi connectivity index (χ0n) is 6.92. The smallest absolute Gasteiger partial charge is 0.129 e. The topological polar surface area (TPSA) is 20.2 Å². The summed E-state index contributed by atoms with van der Waals surface area (Å²) in [5, 5.41) is 9.24. The number of aliphatic hydroxyl groups excluding tert-OH is 1. The molecule has 1 nitrogen and oxygen atoms in total. The van der Waals surface area contributed by atoms with E-state index in [1.54, 1.807) is 19.1 Å². The Morgan fingerprint density at radius 2 is 2.25 bits per heavy atom. The number of rotatable bonds is 2. The fourth-order valence-electron chi connectivity index (χ4n) is 0.999. The molecule has 1 N–H and O–H groups in total. The number of halogens is 1. The second-order valence-corrected chi connectivity index (χ2v) is 2.71. The summed E-state index contributed by atoms with van der Waals surface area (Å²) in [7, 11) is 0. The summed E-state index contributed by atoms with van der Waals surface area (Å²) in [5.74, 6) is -0.387. The minimum atomic E-state index is -0.911. The first-order valence-electron chi connectivity index (χ1n) is 3.72. The van der Waals surface area contributed by atoms with Crippen LogP contribution in [-0.2, 0) is 0 Å². The fourth-order valence-corrected chi connectivity index (χ4v) is 0.999. The van der Waals surface area contributed by atoms with Gasteiger partial charge in [-0.1, -0.05) is 18.2 Å². The Bertz CT molecular complexity index is 294. The predicted molar refractivity (Wildman–Crippen MR) is 46.3 cm³/mol. The molecule has 12 heavy (non-hydrogen) atoms. The Morgan fingerprint density at radius 1 is 1.58 bits per heavy atom. The number of aryl methyl sites for hydroxylation is 1. The molecule has 0 radical (unpaired) electrons. The summed E-state index contributed by atoms with van der Waals surface area (Å²) >= 11 is 0. The van der Waals surface area contributed by atoms with Crippen LogP contribution in [0.2, 0.25) is 0 Å². The average Bonchev–Trinajstić information content (AvgIpc) is 2.03. The van der Waals surface area contributed by atoms with Gasteiger partial charge in [0.15, 0.2) is 0 Å². The highest BCUT2D eigenvalue weighted by molar-refractivity contribution is 5.26. The van der Waals surface area contributed by atoms with Gasteiger partial charge in [-0.15, -0.1) is 6.58 Å². The Kier molecular flexibility index (Phi) is 2.61. The largest absolute Gasteiger partial charge is 0.384 e. The molecule has 64 valence electrons. The first kappa shape index (κ1) is 8.94. The van der Waals surface area contributed by atoms with Gasteiger partial charge in [-0.3, -0.25) is 0 Å². The lowest BCUT2D eigenvalue weighted by molar-refractivity contribution is 0.223. The van der Waals surface area contributed by atoms with Crippen molar-refractivity contribution in [1.82, 2.24) is 0 Å². The molecule has 0 aliphatic rings. The van der Waals surface area contributed by atoms with E-state index < -0.39 is 6.10 Å². The molecular formula is C10H11FO. The first-order chi connectivity index (χ1) is 5.65. The molecule has 0 aliphatic carbocycles. The Balaban J connectivity index is 3.09. The van der Waals surface area contributed by atoms with Crippen molar-refractivity contribution in [2.75, 3.05) is 0 Å². The Hall–Kier alpha value is -1.15.